The van der Waals surface area contributed by atoms with Crippen LogP contribution in [0.5, 0.6) is 0 Å². The molecular formula is C18H21BrN2. The number of para-hydroxylation sites is 1. The smallest absolute Gasteiger partial charge is 0.0443 e. The first kappa shape index (κ1) is 14.6. The van der Waals surface area contributed by atoms with Crippen LogP contribution < -0.4 is 10.2 Å². The maximum atomic E-state index is 3.70. The van der Waals surface area contributed by atoms with Crippen molar-refractivity contribution < 1.29 is 0 Å². The summed E-state index contributed by atoms with van der Waals surface area (Å²) in [6, 6.07) is 15.4. The number of nitrogens with zero attached hydrogens (tertiary/aromatic N) is 1. The topological polar surface area (TPSA) is 15.3 Å². The number of nitrogens with one attached hydrogen (secondary N) is 1. The zero-order chi connectivity index (χ0) is 14.8. The average Bonchev–Trinajstić information content (AvgIpc) is 2.48. The summed E-state index contributed by atoms with van der Waals surface area (Å²) in [5, 5.41) is 3.20. The van der Waals surface area contributed by atoms with E-state index in [4.69, 9.17) is 0 Å². The molecule has 0 bridgehead atoms. The minimum Gasteiger partial charge on any atom is -0.341 e. The van der Waals surface area contributed by atoms with E-state index in [0.29, 0.717) is 5.92 Å². The second-order valence-electron chi connectivity index (χ2n) is 5.85. The summed E-state index contributed by atoms with van der Waals surface area (Å²) >= 11 is 3.70. The lowest BCUT2D eigenvalue weighted by atomic mass is 9.93. The number of halogens is 1. The highest BCUT2D eigenvalue weighted by Crippen LogP contribution is 2.36. The quantitative estimate of drug-likeness (QED) is 0.881. The Morgan fingerprint density at radius 3 is 2.81 bits per heavy atom. The SMILES string of the molecule is CNCc1ccc(N2CC(C)Cc3ccccc32)cc1Br. The van der Waals surface area contributed by atoms with Gasteiger partial charge >= 0.3 is 0 Å². The molecule has 3 heteroatoms. The van der Waals surface area contributed by atoms with Gasteiger partial charge in [-0.1, -0.05) is 47.1 Å². The second kappa shape index (κ2) is 6.20. The van der Waals surface area contributed by atoms with E-state index >= 15 is 0 Å². The molecule has 1 heterocycles. The molecule has 2 nitrogen and oxygen atoms in total. The molecule has 2 aromatic rings. The lowest BCUT2D eigenvalue weighted by Gasteiger charge is -2.35. The molecule has 0 aliphatic carbocycles. The molecule has 3 rings (SSSR count). The van der Waals surface area contributed by atoms with E-state index < -0.39 is 0 Å². The van der Waals surface area contributed by atoms with Crippen LogP contribution in [0.15, 0.2) is 46.9 Å². The van der Waals surface area contributed by atoms with Gasteiger partial charge in [-0.15, -0.1) is 0 Å². The van der Waals surface area contributed by atoms with Crippen LogP contribution in [0, 0.1) is 5.92 Å². The van der Waals surface area contributed by atoms with E-state index in [9.17, 15) is 0 Å². The number of benzene rings is 2. The third kappa shape index (κ3) is 2.99. The van der Waals surface area contributed by atoms with Gasteiger partial charge in [0, 0.05) is 28.9 Å². The van der Waals surface area contributed by atoms with E-state index in [1.54, 1.807) is 0 Å². The lowest BCUT2D eigenvalue weighted by Crippen LogP contribution is -2.30. The first-order valence-electron chi connectivity index (χ1n) is 7.47. The largest absolute Gasteiger partial charge is 0.341 e. The molecule has 0 saturated carbocycles. The number of hydrogen-bond donors (Lipinski definition) is 1. The Hall–Kier alpha value is -1.32. The van der Waals surface area contributed by atoms with Crippen LogP contribution in [-0.2, 0) is 13.0 Å². The van der Waals surface area contributed by atoms with Gasteiger partial charge < -0.3 is 10.2 Å². The number of fused-ring (bicyclic) bond motifs is 1. The number of rotatable bonds is 3. The lowest BCUT2D eigenvalue weighted by molar-refractivity contribution is 0.562. The summed E-state index contributed by atoms with van der Waals surface area (Å²) in [4.78, 5) is 2.44. The van der Waals surface area contributed by atoms with Gasteiger partial charge in [-0.3, -0.25) is 0 Å². The van der Waals surface area contributed by atoms with Crippen LogP contribution in [0.4, 0.5) is 11.4 Å². The molecular weight excluding hydrogens is 324 g/mol. The van der Waals surface area contributed by atoms with Crippen molar-refractivity contribution in [3.05, 3.63) is 58.1 Å². The van der Waals surface area contributed by atoms with Crippen molar-refractivity contribution in [2.75, 3.05) is 18.5 Å². The molecule has 110 valence electrons. The normalized spacial score (nSPS) is 17.7. The maximum Gasteiger partial charge on any atom is 0.0443 e. The highest BCUT2D eigenvalue weighted by molar-refractivity contribution is 9.10. The third-order valence-electron chi connectivity index (χ3n) is 4.06. The molecule has 0 saturated heterocycles. The van der Waals surface area contributed by atoms with Crippen LogP contribution in [0.1, 0.15) is 18.1 Å². The third-order valence-corrected chi connectivity index (χ3v) is 4.80. The van der Waals surface area contributed by atoms with Gasteiger partial charge in [-0.2, -0.15) is 0 Å². The molecule has 0 aromatic heterocycles. The zero-order valence-corrected chi connectivity index (χ0v) is 14.2. The van der Waals surface area contributed by atoms with Crippen molar-refractivity contribution in [3.8, 4) is 0 Å². The summed E-state index contributed by atoms with van der Waals surface area (Å²) in [7, 11) is 1.98. The molecule has 1 aliphatic rings. The van der Waals surface area contributed by atoms with Crippen molar-refractivity contribution in [2.45, 2.75) is 19.9 Å². The fraction of sp³-hybridized carbons (Fsp3) is 0.333. The van der Waals surface area contributed by atoms with E-state index in [2.05, 4.69) is 75.5 Å². The molecule has 1 aliphatic heterocycles. The van der Waals surface area contributed by atoms with Gasteiger partial charge in [0.1, 0.15) is 0 Å². The minimum absolute atomic E-state index is 0.677. The maximum absolute atomic E-state index is 3.70. The van der Waals surface area contributed by atoms with E-state index in [0.717, 1.165) is 13.1 Å². The Bertz CT molecular complexity index is 639. The fourth-order valence-corrected chi connectivity index (χ4v) is 3.59. The molecule has 0 radical (unpaired) electrons. The van der Waals surface area contributed by atoms with Crippen molar-refractivity contribution in [2.24, 2.45) is 5.92 Å². The Balaban J connectivity index is 1.99. The van der Waals surface area contributed by atoms with Crippen molar-refractivity contribution in [1.82, 2.24) is 5.32 Å². The van der Waals surface area contributed by atoms with Crippen molar-refractivity contribution >= 4 is 27.3 Å². The highest BCUT2D eigenvalue weighted by Gasteiger charge is 2.22. The van der Waals surface area contributed by atoms with Gasteiger partial charge in [-0.25, -0.2) is 0 Å². The van der Waals surface area contributed by atoms with Crippen molar-refractivity contribution in [1.29, 1.82) is 0 Å². The molecule has 1 unspecified atom stereocenters. The first-order chi connectivity index (χ1) is 10.2. The van der Waals surface area contributed by atoms with Crippen LogP contribution in [0.3, 0.4) is 0 Å². The minimum atomic E-state index is 0.677. The monoisotopic (exact) mass is 344 g/mol. The highest BCUT2D eigenvalue weighted by atomic mass is 79.9. The van der Waals surface area contributed by atoms with E-state index in [1.807, 2.05) is 7.05 Å². The molecule has 0 fully saturated rings. The van der Waals surface area contributed by atoms with E-state index in [-0.39, 0.29) is 0 Å². The van der Waals surface area contributed by atoms with Gasteiger partial charge in [0.15, 0.2) is 0 Å². The molecule has 1 atom stereocenters. The molecule has 0 spiro atoms. The Kier molecular flexibility index (Phi) is 4.32. The summed E-state index contributed by atoms with van der Waals surface area (Å²) < 4.78 is 1.17. The summed E-state index contributed by atoms with van der Waals surface area (Å²) in [5.41, 5.74) is 5.36. The number of hydrogen-bond acceptors (Lipinski definition) is 2. The average molecular weight is 345 g/mol. The standard InChI is InChI=1S/C18H21BrN2/c1-13-9-14-5-3-4-6-18(14)21(12-13)16-8-7-15(11-20-2)17(19)10-16/h3-8,10,13,20H,9,11-12H2,1-2H3. The summed E-state index contributed by atoms with van der Waals surface area (Å²) in [5.74, 6) is 0.677. The predicted octanol–water partition coefficient (Wildman–Crippen LogP) is 4.50. The zero-order valence-electron chi connectivity index (χ0n) is 12.6. The van der Waals surface area contributed by atoms with Crippen molar-refractivity contribution in [3.63, 3.8) is 0 Å². The van der Waals surface area contributed by atoms with Gasteiger partial charge in [0.05, 0.1) is 0 Å². The fourth-order valence-electron chi connectivity index (χ4n) is 3.08. The Morgan fingerprint density at radius 2 is 2.05 bits per heavy atom. The first-order valence-corrected chi connectivity index (χ1v) is 8.27. The van der Waals surface area contributed by atoms with E-state index in [1.165, 1.54) is 33.4 Å². The van der Waals surface area contributed by atoms with Gasteiger partial charge in [-0.05, 0) is 48.7 Å². The molecule has 0 amide bonds. The Labute approximate surface area is 135 Å². The van der Waals surface area contributed by atoms with Gasteiger partial charge in [0.25, 0.3) is 0 Å². The van der Waals surface area contributed by atoms with Gasteiger partial charge in [0.2, 0.25) is 0 Å². The van der Waals surface area contributed by atoms with Crippen LogP contribution in [0.2, 0.25) is 0 Å². The summed E-state index contributed by atoms with van der Waals surface area (Å²) in [6.45, 7) is 4.29. The second-order valence-corrected chi connectivity index (χ2v) is 6.71. The Morgan fingerprint density at radius 1 is 1.24 bits per heavy atom. The molecule has 21 heavy (non-hydrogen) atoms. The summed E-state index contributed by atoms with van der Waals surface area (Å²) in [6.07, 6.45) is 1.17. The molecule has 1 N–H and O–H groups in total. The number of anilines is 2. The van der Waals surface area contributed by atoms with Crippen LogP contribution in [-0.4, -0.2) is 13.6 Å². The van der Waals surface area contributed by atoms with Crippen LogP contribution >= 0.6 is 15.9 Å². The van der Waals surface area contributed by atoms with Crippen LogP contribution in [0.25, 0.3) is 0 Å². The predicted molar refractivity (Wildman–Crippen MR) is 93.2 cm³/mol. The molecule has 2 aromatic carbocycles.